The highest BCUT2D eigenvalue weighted by atomic mass is 19.1. The molecule has 6 nitrogen and oxygen atoms in total. The van der Waals surface area contributed by atoms with Gasteiger partial charge in [-0.05, 0) is 85.8 Å². The van der Waals surface area contributed by atoms with Gasteiger partial charge in [0.1, 0.15) is 11.6 Å². The number of hydrogen-bond acceptors (Lipinski definition) is 4. The van der Waals surface area contributed by atoms with E-state index in [1.165, 1.54) is 24.3 Å². The number of ketones is 1. The number of benzene rings is 3. The quantitative estimate of drug-likeness (QED) is 0.394. The first-order valence-corrected chi connectivity index (χ1v) is 9.88. The van der Waals surface area contributed by atoms with E-state index >= 15 is 0 Å². The van der Waals surface area contributed by atoms with E-state index < -0.39 is 17.5 Å². The number of anilines is 2. The normalized spacial score (nSPS) is 10.6. The molecule has 7 heteroatoms. The lowest BCUT2D eigenvalue weighted by molar-refractivity contribution is -0.111. The average molecular weight is 432 g/mol. The van der Waals surface area contributed by atoms with Gasteiger partial charge in [0.2, 0.25) is 5.91 Å². The average Bonchev–Trinajstić information content (AvgIpc) is 2.80. The molecule has 0 radical (unpaired) electrons. The van der Waals surface area contributed by atoms with Crippen molar-refractivity contribution in [1.82, 2.24) is 0 Å². The van der Waals surface area contributed by atoms with E-state index in [1.807, 2.05) is 6.92 Å². The largest absolute Gasteiger partial charge is 0.494 e. The molecule has 0 aromatic heterocycles. The molecule has 2 N–H and O–H groups in total. The van der Waals surface area contributed by atoms with Crippen molar-refractivity contribution < 1.29 is 23.5 Å². The summed E-state index contributed by atoms with van der Waals surface area (Å²) in [7, 11) is 0. The Bertz CT molecular complexity index is 1120. The van der Waals surface area contributed by atoms with Crippen molar-refractivity contribution in [3.8, 4) is 5.75 Å². The van der Waals surface area contributed by atoms with Gasteiger partial charge in [-0.25, -0.2) is 4.39 Å². The SMILES string of the molecule is CCOc1ccc(NC(=O)c2ccc(NC(=O)/C=C/C(=O)c3ccc(F)cc3)cc2)cc1. The zero-order chi connectivity index (χ0) is 22.9. The van der Waals surface area contributed by atoms with Crippen LogP contribution >= 0.6 is 0 Å². The van der Waals surface area contributed by atoms with Crippen molar-refractivity contribution in [2.24, 2.45) is 0 Å². The highest BCUT2D eigenvalue weighted by Gasteiger charge is 2.08. The lowest BCUT2D eigenvalue weighted by Crippen LogP contribution is -2.12. The molecule has 0 saturated carbocycles. The number of ether oxygens (including phenoxy) is 1. The van der Waals surface area contributed by atoms with Crippen LogP contribution in [0.2, 0.25) is 0 Å². The molecule has 32 heavy (non-hydrogen) atoms. The summed E-state index contributed by atoms with van der Waals surface area (Å²) < 4.78 is 18.3. The highest BCUT2D eigenvalue weighted by molar-refractivity contribution is 6.10. The Kier molecular flexibility index (Phi) is 7.48. The van der Waals surface area contributed by atoms with Crippen LogP contribution in [0.4, 0.5) is 15.8 Å². The van der Waals surface area contributed by atoms with E-state index in [2.05, 4.69) is 10.6 Å². The number of carbonyl (C=O) groups excluding carboxylic acids is 3. The Morgan fingerprint density at radius 2 is 1.34 bits per heavy atom. The van der Waals surface area contributed by atoms with Crippen molar-refractivity contribution in [3.63, 3.8) is 0 Å². The minimum absolute atomic E-state index is 0.276. The molecule has 3 aromatic rings. The van der Waals surface area contributed by atoms with Crippen LogP contribution in [0.3, 0.4) is 0 Å². The second-order valence-electron chi connectivity index (χ2n) is 6.68. The molecule has 3 aromatic carbocycles. The van der Waals surface area contributed by atoms with Gasteiger partial charge in [-0.2, -0.15) is 0 Å². The van der Waals surface area contributed by atoms with Crippen LogP contribution in [-0.4, -0.2) is 24.2 Å². The lowest BCUT2D eigenvalue weighted by atomic mass is 10.1. The molecule has 0 aliphatic carbocycles. The topological polar surface area (TPSA) is 84.5 Å². The van der Waals surface area contributed by atoms with E-state index in [9.17, 15) is 18.8 Å². The maximum atomic E-state index is 12.9. The predicted molar refractivity (Wildman–Crippen MR) is 121 cm³/mol. The number of carbonyl (C=O) groups is 3. The zero-order valence-corrected chi connectivity index (χ0v) is 17.3. The summed E-state index contributed by atoms with van der Waals surface area (Å²) in [6.07, 6.45) is 2.21. The third-order valence-electron chi connectivity index (χ3n) is 4.35. The molecular formula is C25H21FN2O4. The third-order valence-corrected chi connectivity index (χ3v) is 4.35. The van der Waals surface area contributed by atoms with Gasteiger partial charge < -0.3 is 15.4 Å². The second kappa shape index (κ2) is 10.7. The molecular weight excluding hydrogens is 411 g/mol. The third kappa shape index (κ3) is 6.37. The number of halogens is 1. The van der Waals surface area contributed by atoms with Crippen LogP contribution in [-0.2, 0) is 4.79 Å². The van der Waals surface area contributed by atoms with Crippen molar-refractivity contribution >= 4 is 29.0 Å². The molecule has 0 unspecified atom stereocenters. The van der Waals surface area contributed by atoms with E-state index in [4.69, 9.17) is 4.74 Å². The van der Waals surface area contributed by atoms with Crippen molar-refractivity contribution in [3.05, 3.63) is 102 Å². The summed E-state index contributed by atoms with van der Waals surface area (Å²) in [6.45, 7) is 2.46. The number of amides is 2. The van der Waals surface area contributed by atoms with Crippen LogP contribution in [0.25, 0.3) is 0 Å². The van der Waals surface area contributed by atoms with Gasteiger partial charge in [0.25, 0.3) is 5.91 Å². The Morgan fingerprint density at radius 1 is 0.781 bits per heavy atom. The van der Waals surface area contributed by atoms with Crippen LogP contribution < -0.4 is 15.4 Å². The summed E-state index contributed by atoms with van der Waals surface area (Å²) in [5.74, 6) is -0.941. The predicted octanol–water partition coefficient (Wildman–Crippen LogP) is 4.85. The highest BCUT2D eigenvalue weighted by Crippen LogP contribution is 2.17. The molecule has 3 rings (SSSR count). The summed E-state index contributed by atoms with van der Waals surface area (Å²) in [4.78, 5) is 36.4. The molecule has 0 spiro atoms. The fourth-order valence-electron chi connectivity index (χ4n) is 2.76. The van der Waals surface area contributed by atoms with Gasteiger partial charge >= 0.3 is 0 Å². The molecule has 0 bridgehead atoms. The first-order valence-electron chi connectivity index (χ1n) is 9.88. The first kappa shape index (κ1) is 22.4. The molecule has 0 atom stereocenters. The fraction of sp³-hybridized carbons (Fsp3) is 0.0800. The van der Waals surface area contributed by atoms with Crippen molar-refractivity contribution in [1.29, 1.82) is 0 Å². The minimum atomic E-state index is -0.507. The molecule has 2 amide bonds. The van der Waals surface area contributed by atoms with Crippen LogP contribution in [0.15, 0.2) is 84.9 Å². The molecule has 0 fully saturated rings. The van der Waals surface area contributed by atoms with E-state index in [-0.39, 0.29) is 11.5 Å². The molecule has 0 aliphatic heterocycles. The van der Waals surface area contributed by atoms with Crippen molar-refractivity contribution in [2.45, 2.75) is 6.92 Å². The number of allylic oxidation sites excluding steroid dienone is 1. The van der Waals surface area contributed by atoms with Crippen molar-refractivity contribution in [2.75, 3.05) is 17.2 Å². The Labute approximate surface area is 184 Å². The van der Waals surface area contributed by atoms with Gasteiger partial charge in [0.05, 0.1) is 6.61 Å². The number of nitrogens with one attached hydrogen (secondary N) is 2. The smallest absolute Gasteiger partial charge is 0.255 e. The van der Waals surface area contributed by atoms with Gasteiger partial charge in [-0.3, -0.25) is 14.4 Å². The summed E-state index contributed by atoms with van der Waals surface area (Å²) >= 11 is 0. The maximum absolute atomic E-state index is 12.9. The van der Waals surface area contributed by atoms with Gasteiger partial charge in [-0.15, -0.1) is 0 Å². The second-order valence-corrected chi connectivity index (χ2v) is 6.68. The standard InChI is InChI=1S/C25H21FN2O4/c1-2-32-22-13-11-21(12-14-22)28-25(31)18-5-9-20(10-6-18)27-24(30)16-15-23(29)17-3-7-19(26)8-4-17/h3-16H,2H2,1H3,(H,27,30)(H,28,31)/b16-15+. The Hall–Kier alpha value is -4.26. The fourth-order valence-corrected chi connectivity index (χ4v) is 2.76. The number of hydrogen-bond donors (Lipinski definition) is 2. The van der Waals surface area contributed by atoms with Gasteiger partial charge in [-0.1, -0.05) is 0 Å². The van der Waals surface area contributed by atoms with E-state index in [0.717, 1.165) is 17.9 Å². The summed E-state index contributed by atoms with van der Waals surface area (Å²) in [6, 6.07) is 18.4. The molecule has 0 heterocycles. The summed E-state index contributed by atoms with van der Waals surface area (Å²) in [5, 5.41) is 5.39. The molecule has 0 aliphatic rings. The summed E-state index contributed by atoms with van der Waals surface area (Å²) in [5.41, 5.74) is 1.79. The monoisotopic (exact) mass is 432 g/mol. The Balaban J connectivity index is 1.54. The Morgan fingerprint density at radius 3 is 1.97 bits per heavy atom. The van der Waals surface area contributed by atoms with E-state index in [0.29, 0.717) is 23.5 Å². The number of rotatable bonds is 8. The first-order chi connectivity index (χ1) is 15.4. The lowest BCUT2D eigenvalue weighted by Gasteiger charge is -2.08. The molecule has 0 saturated heterocycles. The van der Waals surface area contributed by atoms with Gasteiger partial charge in [0.15, 0.2) is 5.78 Å². The maximum Gasteiger partial charge on any atom is 0.255 e. The van der Waals surface area contributed by atoms with Crippen LogP contribution in [0, 0.1) is 5.82 Å². The van der Waals surface area contributed by atoms with E-state index in [1.54, 1.807) is 48.5 Å². The molecule has 162 valence electrons. The minimum Gasteiger partial charge on any atom is -0.494 e. The van der Waals surface area contributed by atoms with Crippen LogP contribution in [0.5, 0.6) is 5.75 Å². The van der Waals surface area contributed by atoms with Crippen LogP contribution in [0.1, 0.15) is 27.6 Å². The zero-order valence-electron chi connectivity index (χ0n) is 17.3. The van der Waals surface area contributed by atoms with Gasteiger partial charge in [0, 0.05) is 28.6 Å².